The van der Waals surface area contributed by atoms with Crippen LogP contribution in [0.5, 0.6) is 0 Å². The van der Waals surface area contributed by atoms with Gasteiger partial charge in [-0.05, 0) is 37.7 Å². The zero-order chi connectivity index (χ0) is 21.5. The average molecular weight is 440 g/mol. The molecular formula is C21H22ClN7O2. The summed E-state index contributed by atoms with van der Waals surface area (Å²) in [6.07, 6.45) is 8.32. The molecule has 1 N–H and O–H groups in total. The van der Waals surface area contributed by atoms with Gasteiger partial charge in [-0.2, -0.15) is 0 Å². The lowest BCUT2D eigenvalue weighted by Gasteiger charge is -2.26. The van der Waals surface area contributed by atoms with Gasteiger partial charge in [0.05, 0.1) is 11.3 Å². The summed E-state index contributed by atoms with van der Waals surface area (Å²) in [5.41, 5.74) is 3.56. The van der Waals surface area contributed by atoms with Crippen molar-refractivity contribution in [2.24, 2.45) is 11.8 Å². The number of H-pyrrole nitrogens is 1. The summed E-state index contributed by atoms with van der Waals surface area (Å²) in [4.78, 5) is 32.1. The molecule has 5 rings (SSSR count). The molecule has 0 saturated heterocycles. The van der Waals surface area contributed by atoms with Gasteiger partial charge < -0.3 is 4.57 Å². The van der Waals surface area contributed by atoms with E-state index in [9.17, 15) is 4.79 Å². The van der Waals surface area contributed by atoms with Crippen LogP contribution in [0.1, 0.15) is 38.3 Å². The van der Waals surface area contributed by atoms with E-state index in [4.69, 9.17) is 16.6 Å². The number of fused-ring (bicyclic) bond motifs is 1. The molecule has 0 atom stereocenters. The molecule has 10 heteroatoms. The summed E-state index contributed by atoms with van der Waals surface area (Å²) in [7, 11) is 0. The molecule has 1 saturated carbocycles. The summed E-state index contributed by atoms with van der Waals surface area (Å²) < 4.78 is 6.76. The first-order valence-corrected chi connectivity index (χ1v) is 10.8. The van der Waals surface area contributed by atoms with E-state index in [0.717, 1.165) is 29.2 Å². The maximum Gasteiger partial charge on any atom is 0.439 e. The zero-order valence-electron chi connectivity index (χ0n) is 17.3. The van der Waals surface area contributed by atoms with Gasteiger partial charge in [0.2, 0.25) is 11.6 Å². The molecule has 0 aromatic carbocycles. The highest BCUT2D eigenvalue weighted by Crippen LogP contribution is 2.34. The number of pyridine rings is 1. The Morgan fingerprint density at radius 2 is 2.03 bits per heavy atom. The number of imidazole rings is 1. The van der Waals surface area contributed by atoms with Gasteiger partial charge in [0.25, 0.3) is 0 Å². The molecule has 0 bridgehead atoms. The Bertz CT molecular complexity index is 1300. The fourth-order valence-electron chi connectivity index (χ4n) is 4.28. The molecule has 4 aromatic heterocycles. The van der Waals surface area contributed by atoms with Crippen LogP contribution in [0.2, 0.25) is 5.02 Å². The van der Waals surface area contributed by atoms with Crippen LogP contribution < -0.4 is 5.76 Å². The molecule has 0 aliphatic heterocycles. The molecule has 4 heterocycles. The minimum Gasteiger partial charge on any atom is -0.327 e. The molecule has 4 aromatic rings. The van der Waals surface area contributed by atoms with Crippen LogP contribution >= 0.6 is 11.6 Å². The molecule has 1 aliphatic rings. The molecule has 0 unspecified atom stereocenters. The Kier molecular flexibility index (Phi) is 5.05. The van der Waals surface area contributed by atoms with Crippen molar-refractivity contribution in [1.82, 2.24) is 34.6 Å². The van der Waals surface area contributed by atoms with Gasteiger partial charge in [0.15, 0.2) is 5.65 Å². The van der Waals surface area contributed by atoms with E-state index in [0.29, 0.717) is 22.3 Å². The first kappa shape index (κ1) is 19.9. The maximum absolute atomic E-state index is 11.4. The summed E-state index contributed by atoms with van der Waals surface area (Å²) in [5.74, 6) is 1.09. The largest absolute Gasteiger partial charge is 0.439 e. The van der Waals surface area contributed by atoms with Crippen LogP contribution in [0.3, 0.4) is 0 Å². The third-order valence-electron chi connectivity index (χ3n) is 6.02. The summed E-state index contributed by atoms with van der Waals surface area (Å²) in [5, 5.41) is 4.24. The third kappa shape index (κ3) is 3.85. The van der Waals surface area contributed by atoms with E-state index >= 15 is 0 Å². The summed E-state index contributed by atoms with van der Waals surface area (Å²) >= 11 is 6.26. The van der Waals surface area contributed by atoms with Gasteiger partial charge in [-0.15, -0.1) is 0 Å². The molecule has 1 fully saturated rings. The van der Waals surface area contributed by atoms with Gasteiger partial charge in [0, 0.05) is 24.0 Å². The quantitative estimate of drug-likeness (QED) is 0.510. The van der Waals surface area contributed by atoms with Gasteiger partial charge in [0.1, 0.15) is 11.2 Å². The first-order valence-electron chi connectivity index (χ1n) is 10.4. The van der Waals surface area contributed by atoms with E-state index in [1.165, 1.54) is 25.7 Å². The van der Waals surface area contributed by atoms with Crippen LogP contribution in [0, 0.1) is 18.8 Å². The summed E-state index contributed by atoms with van der Waals surface area (Å²) in [6.45, 7) is 5.08. The Morgan fingerprint density at radius 1 is 1.23 bits per heavy atom. The van der Waals surface area contributed by atoms with E-state index in [2.05, 4.69) is 41.1 Å². The van der Waals surface area contributed by atoms with Gasteiger partial charge in [-0.3, -0.25) is 14.5 Å². The van der Waals surface area contributed by atoms with Crippen molar-refractivity contribution in [1.29, 1.82) is 0 Å². The van der Waals surface area contributed by atoms with Crippen molar-refractivity contribution in [3.8, 4) is 22.9 Å². The van der Waals surface area contributed by atoms with Crippen LogP contribution in [0.4, 0.5) is 0 Å². The van der Waals surface area contributed by atoms with Crippen molar-refractivity contribution in [2.75, 3.05) is 0 Å². The molecule has 31 heavy (non-hydrogen) atoms. The molecule has 0 spiro atoms. The first-order chi connectivity index (χ1) is 15.0. The second-order valence-corrected chi connectivity index (χ2v) is 8.76. The molecule has 1 aliphatic carbocycles. The number of halogens is 1. The second-order valence-electron chi connectivity index (χ2n) is 8.32. The van der Waals surface area contributed by atoms with Crippen molar-refractivity contribution >= 4 is 22.8 Å². The highest BCUT2D eigenvalue weighted by Gasteiger charge is 2.23. The SMILES string of the molecule is Cc1ncc(Cl)cc1-c1nc(-c2noc(=O)[nH]2)nc2ncn(C[C@H]3CC[C@H](C)CC3)c12. The normalized spacial score (nSPS) is 19.2. The smallest absolute Gasteiger partial charge is 0.327 e. The van der Waals surface area contributed by atoms with Crippen LogP contribution in [-0.4, -0.2) is 34.6 Å². The monoisotopic (exact) mass is 439 g/mol. The molecule has 0 amide bonds. The van der Waals surface area contributed by atoms with E-state index in [1.807, 2.05) is 19.3 Å². The number of aromatic nitrogens is 7. The number of hydrogen-bond donors (Lipinski definition) is 1. The van der Waals surface area contributed by atoms with Crippen molar-refractivity contribution in [2.45, 2.75) is 46.1 Å². The topological polar surface area (TPSA) is 115 Å². The number of nitrogens with one attached hydrogen (secondary N) is 1. The highest BCUT2D eigenvalue weighted by molar-refractivity contribution is 6.30. The Balaban J connectivity index is 1.67. The number of aryl methyl sites for hydroxylation is 1. The molecular weight excluding hydrogens is 418 g/mol. The second kappa shape index (κ2) is 7.88. The Labute approximate surface area is 182 Å². The fourth-order valence-corrected chi connectivity index (χ4v) is 4.43. The summed E-state index contributed by atoms with van der Waals surface area (Å²) in [6, 6.07) is 1.83. The molecule has 9 nitrogen and oxygen atoms in total. The predicted octanol–water partition coefficient (Wildman–Crippen LogP) is 4.02. The maximum atomic E-state index is 11.4. The lowest BCUT2D eigenvalue weighted by molar-refractivity contribution is 0.266. The Morgan fingerprint density at radius 3 is 2.77 bits per heavy atom. The van der Waals surface area contributed by atoms with Gasteiger partial charge in [-0.1, -0.05) is 36.5 Å². The number of rotatable bonds is 4. The number of hydrogen-bond acceptors (Lipinski definition) is 7. The van der Waals surface area contributed by atoms with E-state index in [1.54, 1.807) is 6.20 Å². The zero-order valence-corrected chi connectivity index (χ0v) is 18.1. The van der Waals surface area contributed by atoms with E-state index in [-0.39, 0.29) is 11.6 Å². The van der Waals surface area contributed by atoms with E-state index < -0.39 is 5.76 Å². The lowest BCUT2D eigenvalue weighted by atomic mass is 9.83. The number of nitrogens with zero attached hydrogens (tertiary/aromatic N) is 6. The minimum atomic E-state index is -0.669. The van der Waals surface area contributed by atoms with Crippen LogP contribution in [0.25, 0.3) is 34.1 Å². The average Bonchev–Trinajstić information content (AvgIpc) is 3.37. The minimum absolute atomic E-state index is 0.150. The van der Waals surface area contributed by atoms with Crippen LogP contribution in [0.15, 0.2) is 27.9 Å². The van der Waals surface area contributed by atoms with Gasteiger partial charge in [-0.25, -0.2) is 19.7 Å². The Hall–Kier alpha value is -3.07. The molecule has 0 radical (unpaired) electrons. The standard InChI is InChI=1S/C21H22ClN7O2/c1-11-3-5-13(6-4-11)9-29-10-24-18-17(29)16(15-7-14(22)8-23-12(15)2)25-19(26-18)20-27-21(30)31-28-20/h7-8,10-11,13H,3-6,9H2,1-2H3,(H,27,28,30)/t11-,13-. The third-order valence-corrected chi connectivity index (χ3v) is 6.23. The van der Waals surface area contributed by atoms with Gasteiger partial charge >= 0.3 is 5.76 Å². The predicted molar refractivity (Wildman–Crippen MR) is 116 cm³/mol. The number of aromatic amines is 1. The fraction of sp³-hybridized carbons (Fsp3) is 0.429. The van der Waals surface area contributed by atoms with Crippen molar-refractivity contribution in [3.05, 3.63) is 39.9 Å². The van der Waals surface area contributed by atoms with Crippen LogP contribution in [-0.2, 0) is 6.54 Å². The van der Waals surface area contributed by atoms with Crippen molar-refractivity contribution < 1.29 is 4.52 Å². The highest BCUT2D eigenvalue weighted by atomic mass is 35.5. The lowest BCUT2D eigenvalue weighted by Crippen LogP contribution is -2.17. The molecule has 160 valence electrons. The van der Waals surface area contributed by atoms with Crippen molar-refractivity contribution in [3.63, 3.8) is 0 Å².